The Labute approximate surface area is 160 Å². The Hall–Kier alpha value is -2.12. The molecule has 1 atom stereocenters. The molecular formula is C18H19ClN4O2S. The Morgan fingerprint density at radius 3 is 2.92 bits per heavy atom. The van der Waals surface area contributed by atoms with Crippen molar-refractivity contribution in [2.45, 2.75) is 19.8 Å². The van der Waals surface area contributed by atoms with E-state index in [0.29, 0.717) is 18.2 Å². The first-order valence-corrected chi connectivity index (χ1v) is 9.87. The molecule has 0 unspecified atom stereocenters. The summed E-state index contributed by atoms with van der Waals surface area (Å²) < 4.78 is 6.98. The van der Waals surface area contributed by atoms with Crippen LogP contribution in [-0.4, -0.2) is 40.3 Å². The first kappa shape index (κ1) is 17.3. The van der Waals surface area contributed by atoms with Gasteiger partial charge in [0.1, 0.15) is 0 Å². The van der Waals surface area contributed by atoms with Crippen LogP contribution in [-0.2, 0) is 9.53 Å². The van der Waals surface area contributed by atoms with Gasteiger partial charge in [-0.25, -0.2) is 9.50 Å². The molecule has 0 amide bonds. The Bertz CT molecular complexity index is 890. The van der Waals surface area contributed by atoms with Crippen molar-refractivity contribution in [3.05, 3.63) is 35.5 Å². The van der Waals surface area contributed by atoms with Gasteiger partial charge in [0.05, 0.1) is 24.4 Å². The Balaban J connectivity index is 1.53. The number of carbonyl (C=O) groups is 1. The Kier molecular flexibility index (Phi) is 4.82. The summed E-state index contributed by atoms with van der Waals surface area (Å²) in [5.41, 5.74) is 1.88. The van der Waals surface area contributed by atoms with Crippen molar-refractivity contribution < 1.29 is 9.53 Å². The van der Waals surface area contributed by atoms with Crippen molar-refractivity contribution in [2.75, 3.05) is 24.6 Å². The lowest BCUT2D eigenvalue weighted by Crippen LogP contribution is -2.39. The maximum Gasteiger partial charge on any atom is 0.310 e. The van der Waals surface area contributed by atoms with Crippen molar-refractivity contribution >= 4 is 39.0 Å². The van der Waals surface area contributed by atoms with Crippen molar-refractivity contribution in [3.8, 4) is 11.3 Å². The molecule has 4 rings (SSSR count). The second kappa shape index (κ2) is 7.25. The smallest absolute Gasteiger partial charge is 0.310 e. The van der Waals surface area contributed by atoms with Gasteiger partial charge in [0.15, 0.2) is 0 Å². The summed E-state index contributed by atoms with van der Waals surface area (Å²) in [6, 6.07) is 7.60. The third kappa shape index (κ3) is 3.41. The van der Waals surface area contributed by atoms with Crippen LogP contribution in [0.15, 0.2) is 30.5 Å². The van der Waals surface area contributed by atoms with Crippen LogP contribution in [0, 0.1) is 5.92 Å². The molecule has 0 saturated carbocycles. The molecule has 1 aliphatic rings. The summed E-state index contributed by atoms with van der Waals surface area (Å²) >= 11 is 7.48. The second-order valence-corrected chi connectivity index (χ2v) is 7.65. The van der Waals surface area contributed by atoms with Gasteiger partial charge < -0.3 is 9.64 Å². The highest BCUT2D eigenvalue weighted by Crippen LogP contribution is 2.30. The molecule has 0 radical (unpaired) electrons. The zero-order valence-corrected chi connectivity index (χ0v) is 16.0. The second-order valence-electron chi connectivity index (χ2n) is 6.28. The first-order valence-electron chi connectivity index (χ1n) is 8.68. The summed E-state index contributed by atoms with van der Waals surface area (Å²) in [6.45, 7) is 3.82. The normalized spacial score (nSPS) is 17.6. The van der Waals surface area contributed by atoms with E-state index in [1.54, 1.807) is 4.52 Å². The molecule has 1 fully saturated rings. The zero-order chi connectivity index (χ0) is 18.1. The van der Waals surface area contributed by atoms with Gasteiger partial charge in [-0.1, -0.05) is 35.1 Å². The van der Waals surface area contributed by atoms with Crippen molar-refractivity contribution in [2.24, 2.45) is 5.92 Å². The van der Waals surface area contributed by atoms with Gasteiger partial charge in [0, 0.05) is 23.7 Å². The number of halogens is 1. The van der Waals surface area contributed by atoms with Crippen LogP contribution in [0.2, 0.25) is 5.02 Å². The van der Waals surface area contributed by atoms with Crippen LogP contribution in [0.25, 0.3) is 16.2 Å². The number of nitrogens with zero attached hydrogens (tertiary/aromatic N) is 4. The van der Waals surface area contributed by atoms with Gasteiger partial charge in [0.2, 0.25) is 10.1 Å². The lowest BCUT2D eigenvalue weighted by Gasteiger charge is -2.30. The standard InChI is InChI=1S/C18H19ClN4O2S/c1-2-25-16(24)13-4-3-9-22(10-13)18-21-23-11-15(20-17(23)26-18)12-5-7-14(19)8-6-12/h5-8,11,13H,2-4,9-10H2,1H3/t13-/m1/s1. The predicted molar refractivity (Wildman–Crippen MR) is 103 cm³/mol. The molecule has 1 saturated heterocycles. The van der Waals surface area contributed by atoms with Gasteiger partial charge in [0.25, 0.3) is 0 Å². The number of rotatable bonds is 4. The Morgan fingerprint density at radius 1 is 1.38 bits per heavy atom. The summed E-state index contributed by atoms with van der Waals surface area (Å²) in [5.74, 6) is -0.187. The molecule has 26 heavy (non-hydrogen) atoms. The molecule has 0 aliphatic carbocycles. The van der Waals surface area contributed by atoms with E-state index in [9.17, 15) is 4.79 Å². The largest absolute Gasteiger partial charge is 0.466 e. The molecule has 136 valence electrons. The van der Waals surface area contributed by atoms with E-state index in [2.05, 4.69) is 15.0 Å². The molecule has 3 aromatic rings. The third-order valence-electron chi connectivity index (χ3n) is 4.48. The van der Waals surface area contributed by atoms with E-state index < -0.39 is 0 Å². The van der Waals surface area contributed by atoms with Crippen LogP contribution in [0.3, 0.4) is 0 Å². The molecule has 1 aromatic carbocycles. The van der Waals surface area contributed by atoms with Crippen LogP contribution in [0.5, 0.6) is 0 Å². The number of fused-ring (bicyclic) bond motifs is 1. The highest BCUT2D eigenvalue weighted by atomic mass is 35.5. The molecule has 2 aromatic heterocycles. The third-order valence-corrected chi connectivity index (χ3v) is 5.72. The van der Waals surface area contributed by atoms with E-state index in [1.165, 1.54) is 11.3 Å². The topological polar surface area (TPSA) is 59.7 Å². The number of ether oxygens (including phenoxy) is 1. The molecule has 0 N–H and O–H groups in total. The fourth-order valence-electron chi connectivity index (χ4n) is 3.18. The molecule has 8 heteroatoms. The van der Waals surface area contributed by atoms with Crippen LogP contribution in [0.1, 0.15) is 19.8 Å². The monoisotopic (exact) mass is 390 g/mol. The maximum atomic E-state index is 12.0. The average molecular weight is 391 g/mol. The number of esters is 1. The van der Waals surface area contributed by atoms with Gasteiger partial charge in [-0.3, -0.25) is 4.79 Å². The van der Waals surface area contributed by atoms with Crippen molar-refractivity contribution in [1.29, 1.82) is 0 Å². The number of benzene rings is 1. The van der Waals surface area contributed by atoms with Gasteiger partial charge in [-0.05, 0) is 31.9 Å². The minimum atomic E-state index is -0.108. The minimum Gasteiger partial charge on any atom is -0.466 e. The van der Waals surface area contributed by atoms with Gasteiger partial charge >= 0.3 is 5.97 Å². The number of carbonyl (C=O) groups excluding carboxylic acids is 1. The first-order chi connectivity index (χ1) is 12.6. The molecule has 6 nitrogen and oxygen atoms in total. The fourth-order valence-corrected chi connectivity index (χ4v) is 4.22. The summed E-state index contributed by atoms with van der Waals surface area (Å²) in [4.78, 5) is 19.7. The number of hydrogen-bond donors (Lipinski definition) is 0. The quantitative estimate of drug-likeness (QED) is 0.632. The van der Waals surface area contributed by atoms with E-state index in [-0.39, 0.29) is 11.9 Å². The van der Waals surface area contributed by atoms with E-state index in [0.717, 1.165) is 40.7 Å². The van der Waals surface area contributed by atoms with Crippen LogP contribution >= 0.6 is 22.9 Å². The number of piperidine rings is 1. The fraction of sp³-hybridized carbons (Fsp3) is 0.389. The highest BCUT2D eigenvalue weighted by Gasteiger charge is 2.28. The number of imidazole rings is 1. The summed E-state index contributed by atoms with van der Waals surface area (Å²) in [5, 5.41) is 6.26. The SMILES string of the molecule is CCOC(=O)[C@@H]1CCCN(c2nn3cc(-c4ccc(Cl)cc4)nc3s2)C1. The van der Waals surface area contributed by atoms with Gasteiger partial charge in [-0.15, -0.1) is 5.10 Å². The molecule has 3 heterocycles. The lowest BCUT2D eigenvalue weighted by molar-refractivity contribution is -0.148. The summed E-state index contributed by atoms with van der Waals surface area (Å²) in [7, 11) is 0. The van der Waals surface area contributed by atoms with E-state index in [4.69, 9.17) is 16.3 Å². The zero-order valence-electron chi connectivity index (χ0n) is 14.4. The summed E-state index contributed by atoms with van der Waals surface area (Å²) in [6.07, 6.45) is 3.76. The van der Waals surface area contributed by atoms with Crippen LogP contribution in [0.4, 0.5) is 5.13 Å². The average Bonchev–Trinajstić information content (AvgIpc) is 3.22. The van der Waals surface area contributed by atoms with Crippen molar-refractivity contribution in [1.82, 2.24) is 14.6 Å². The van der Waals surface area contributed by atoms with Gasteiger partial charge in [-0.2, -0.15) is 0 Å². The van der Waals surface area contributed by atoms with E-state index >= 15 is 0 Å². The molecule has 1 aliphatic heterocycles. The highest BCUT2D eigenvalue weighted by molar-refractivity contribution is 7.20. The number of aromatic nitrogens is 3. The van der Waals surface area contributed by atoms with Crippen molar-refractivity contribution in [3.63, 3.8) is 0 Å². The molecular weight excluding hydrogens is 372 g/mol. The lowest BCUT2D eigenvalue weighted by atomic mass is 9.99. The molecule has 0 bridgehead atoms. The maximum absolute atomic E-state index is 12.0. The Morgan fingerprint density at radius 2 is 2.19 bits per heavy atom. The van der Waals surface area contributed by atoms with E-state index in [1.807, 2.05) is 37.4 Å². The minimum absolute atomic E-state index is 0.0791. The van der Waals surface area contributed by atoms with Crippen LogP contribution < -0.4 is 4.90 Å². The number of anilines is 1. The molecule has 0 spiro atoms. The predicted octanol–water partition coefficient (Wildman–Crippen LogP) is 3.89. The number of hydrogen-bond acceptors (Lipinski definition) is 6.